The van der Waals surface area contributed by atoms with Crippen LogP contribution in [0.25, 0.3) is 10.8 Å². The van der Waals surface area contributed by atoms with Crippen molar-refractivity contribution < 1.29 is 58.9 Å². The number of ether oxygens (including phenoxy) is 4. The number of piperazine rings is 1. The van der Waals surface area contributed by atoms with E-state index in [1.54, 1.807) is 39.8 Å². The predicted octanol–water partition coefficient (Wildman–Crippen LogP) is 5.65. The van der Waals surface area contributed by atoms with E-state index in [2.05, 4.69) is 15.3 Å². The summed E-state index contributed by atoms with van der Waals surface area (Å²) in [6.07, 6.45) is 9.75. The smallest absolute Gasteiger partial charge is 0.312 e. The van der Waals surface area contributed by atoms with Crippen molar-refractivity contribution in [2.24, 2.45) is 28.8 Å². The van der Waals surface area contributed by atoms with Gasteiger partial charge in [0.2, 0.25) is 0 Å². The zero-order valence-electron chi connectivity index (χ0n) is 37.8. The molecule has 5 aliphatic rings. The standard InChI is InChI=1S/C47H64N4O12/c1-24-13-12-14-25(2)46(59)49-37-32(23-48-51-20-18-50(19-21-51)31-15-10-11-16-31)41(56)34-35(42(37)57)40(55)29(6)44-36(34)45(58)47(8,63-44)61-22-17-33(60-9)26(3)43(62-30(7)52)28(5)39(54)27(4)38(24)53/h12-14,17,22-24,26-28,31,33,38-39,43,53-57H,10-11,15-16,18-21H2,1-9H3,(H,49,59)/b13-12+,22-17+,25-14-,48-23+/t24-,26+,27+,28+,33?,38?,39?,43?,47-/m0/s1. The number of hydrogen-bond donors (Lipinski definition) is 6. The number of carbonyl (C=O) groups is 3. The van der Waals surface area contributed by atoms with Crippen molar-refractivity contribution in [1.29, 1.82) is 0 Å². The maximum absolute atomic E-state index is 14.5. The fourth-order valence-corrected chi connectivity index (χ4v) is 9.47. The zero-order valence-corrected chi connectivity index (χ0v) is 37.8. The third-order valence-electron chi connectivity index (χ3n) is 13.5. The van der Waals surface area contributed by atoms with E-state index in [4.69, 9.17) is 18.9 Å². The number of benzene rings is 2. The average molecular weight is 877 g/mol. The maximum Gasteiger partial charge on any atom is 0.312 e. The van der Waals surface area contributed by atoms with Crippen LogP contribution >= 0.6 is 0 Å². The Morgan fingerprint density at radius 1 is 0.921 bits per heavy atom. The number of aliphatic hydroxyl groups excluding tert-OH is 2. The van der Waals surface area contributed by atoms with E-state index in [0.29, 0.717) is 19.1 Å². The molecule has 344 valence electrons. The normalized spacial score (nSPS) is 32.4. The molecule has 2 fully saturated rings. The van der Waals surface area contributed by atoms with Crippen LogP contribution in [0.5, 0.6) is 23.0 Å². The van der Waals surface area contributed by atoms with Crippen molar-refractivity contribution in [1.82, 2.24) is 9.91 Å². The molecule has 6 N–H and O–H groups in total. The minimum Gasteiger partial charge on any atom is -0.507 e. The number of hydrazone groups is 1. The third-order valence-corrected chi connectivity index (χ3v) is 13.5. The first-order valence-corrected chi connectivity index (χ1v) is 21.9. The molecule has 16 heteroatoms. The van der Waals surface area contributed by atoms with E-state index in [9.17, 15) is 39.9 Å². The van der Waals surface area contributed by atoms with E-state index < -0.39 is 88.8 Å². The van der Waals surface area contributed by atoms with Crippen LogP contribution in [0.1, 0.15) is 95.6 Å². The van der Waals surface area contributed by atoms with E-state index in [-0.39, 0.29) is 44.5 Å². The summed E-state index contributed by atoms with van der Waals surface area (Å²) in [5.41, 5.74) is -0.293. The van der Waals surface area contributed by atoms with E-state index in [0.717, 1.165) is 13.1 Å². The molecule has 1 saturated carbocycles. The van der Waals surface area contributed by atoms with Crippen molar-refractivity contribution in [2.45, 2.75) is 117 Å². The molecule has 0 spiro atoms. The molecule has 0 aromatic heterocycles. The number of allylic oxidation sites excluding steroid dienone is 2. The number of fused-ring (bicyclic) bond motifs is 14. The fourth-order valence-electron chi connectivity index (χ4n) is 9.47. The molecular weight excluding hydrogens is 813 g/mol. The number of phenolic OH excluding ortho intramolecular Hbond substituents is 3. The van der Waals surface area contributed by atoms with Crippen LogP contribution in [0.15, 0.2) is 41.2 Å². The number of phenols is 3. The largest absolute Gasteiger partial charge is 0.507 e. The second-order valence-corrected chi connectivity index (χ2v) is 17.8. The lowest BCUT2D eigenvalue weighted by atomic mass is 9.78. The lowest BCUT2D eigenvalue weighted by Crippen LogP contribution is -2.47. The molecular formula is C47H64N4O12. The summed E-state index contributed by atoms with van der Waals surface area (Å²) >= 11 is 0. The Balaban J connectivity index is 1.47. The van der Waals surface area contributed by atoms with Crippen molar-refractivity contribution in [3.63, 3.8) is 0 Å². The lowest BCUT2D eigenvalue weighted by molar-refractivity contribution is -0.160. The monoisotopic (exact) mass is 876 g/mol. The molecule has 2 aromatic carbocycles. The minimum absolute atomic E-state index is 0.0631. The number of anilines is 1. The van der Waals surface area contributed by atoms with Gasteiger partial charge in [-0.3, -0.25) is 24.3 Å². The van der Waals surface area contributed by atoms with Crippen molar-refractivity contribution in [2.75, 3.05) is 38.6 Å². The van der Waals surface area contributed by atoms with Crippen LogP contribution in [-0.4, -0.2) is 129 Å². The van der Waals surface area contributed by atoms with Gasteiger partial charge in [-0.2, -0.15) is 5.10 Å². The molecule has 4 aliphatic heterocycles. The highest BCUT2D eigenvalue weighted by atomic mass is 16.7. The number of aliphatic hydroxyl groups is 2. The lowest BCUT2D eigenvalue weighted by Gasteiger charge is -2.38. The SMILES string of the molecule is COC1/C=C/O[C@@]2(C)Oc3c(C)c(O)c4c(O)c(c(/C=N/N5CCN(C6CCCC6)CC5)c(O)c4c3C2=O)NC(=O)/C(C)=C\C=C\[C@H](C)C(O)[C@@H](C)C(O)[C@@H](C)C(OC(C)=O)[C@@H]1C. The molecule has 1 saturated heterocycles. The quantitative estimate of drug-likeness (QED) is 0.0926. The number of rotatable bonds is 5. The van der Waals surface area contributed by atoms with Gasteiger partial charge in [0.15, 0.2) is 5.75 Å². The first kappa shape index (κ1) is 47.3. The Labute approximate surface area is 368 Å². The zero-order chi connectivity index (χ0) is 46.1. The Hall–Kier alpha value is -5.16. The van der Waals surface area contributed by atoms with Crippen LogP contribution in [0.3, 0.4) is 0 Å². The molecule has 7 rings (SSSR count). The molecule has 1 amide bonds. The summed E-state index contributed by atoms with van der Waals surface area (Å²) in [5, 5.41) is 67.6. The molecule has 4 unspecified atom stereocenters. The van der Waals surface area contributed by atoms with Crippen LogP contribution in [0.4, 0.5) is 5.69 Å². The highest BCUT2D eigenvalue weighted by molar-refractivity contribution is 6.23. The number of ketones is 1. The van der Waals surface area contributed by atoms with Gasteiger partial charge in [-0.25, -0.2) is 0 Å². The molecule has 1 aliphatic carbocycles. The molecule has 5 bridgehead atoms. The number of nitrogens with one attached hydrogen (secondary N) is 1. The van der Waals surface area contributed by atoms with E-state index >= 15 is 0 Å². The second-order valence-electron chi connectivity index (χ2n) is 17.8. The van der Waals surface area contributed by atoms with Gasteiger partial charge in [0, 0.05) is 93.4 Å². The first-order valence-electron chi connectivity index (χ1n) is 21.9. The summed E-state index contributed by atoms with van der Waals surface area (Å²) in [7, 11) is 1.44. The van der Waals surface area contributed by atoms with E-state index in [1.165, 1.54) is 85.1 Å². The second kappa shape index (κ2) is 19.3. The number of Topliss-reactive ketones (excluding diaryl/α,β-unsaturated/α-hetero) is 1. The minimum atomic E-state index is -2.04. The van der Waals surface area contributed by atoms with Gasteiger partial charge in [-0.05, 0) is 32.8 Å². The number of amides is 1. The third kappa shape index (κ3) is 9.40. The van der Waals surface area contributed by atoms with Gasteiger partial charge in [-0.15, -0.1) is 0 Å². The molecule has 2 aromatic rings. The van der Waals surface area contributed by atoms with Gasteiger partial charge in [-0.1, -0.05) is 58.8 Å². The fraction of sp³-hybridized carbons (Fsp3) is 0.574. The molecule has 0 radical (unpaired) electrons. The first-order chi connectivity index (χ1) is 29.8. The number of hydrogen-bond acceptors (Lipinski definition) is 15. The maximum atomic E-state index is 14.5. The van der Waals surface area contributed by atoms with Crippen molar-refractivity contribution in [3.05, 3.63) is 52.8 Å². The number of esters is 1. The molecule has 63 heavy (non-hydrogen) atoms. The number of carbonyl (C=O) groups excluding carboxylic acids is 3. The molecule has 9 atom stereocenters. The summed E-state index contributed by atoms with van der Waals surface area (Å²) in [6.45, 7) is 15.4. The Bertz CT molecular complexity index is 2190. The van der Waals surface area contributed by atoms with Crippen molar-refractivity contribution in [3.8, 4) is 23.0 Å². The van der Waals surface area contributed by atoms with Gasteiger partial charge >= 0.3 is 11.8 Å². The van der Waals surface area contributed by atoms with Crippen molar-refractivity contribution >= 4 is 40.3 Å². The van der Waals surface area contributed by atoms with Gasteiger partial charge < -0.3 is 49.8 Å². The van der Waals surface area contributed by atoms with Gasteiger partial charge in [0.1, 0.15) is 23.4 Å². The Kier molecular flexibility index (Phi) is 14.5. The molecule has 4 heterocycles. The average Bonchev–Trinajstić information content (AvgIpc) is 3.89. The molecule has 16 nitrogen and oxygen atoms in total. The summed E-state index contributed by atoms with van der Waals surface area (Å²) < 4.78 is 23.7. The predicted molar refractivity (Wildman–Crippen MR) is 237 cm³/mol. The topological polar surface area (TPSA) is 220 Å². The summed E-state index contributed by atoms with van der Waals surface area (Å²) in [4.78, 5) is 43.2. The van der Waals surface area contributed by atoms with Crippen LogP contribution in [0, 0.1) is 30.6 Å². The van der Waals surface area contributed by atoms with E-state index in [1.807, 2.05) is 5.01 Å². The Morgan fingerprint density at radius 3 is 2.22 bits per heavy atom. The van der Waals surface area contributed by atoms with Gasteiger partial charge in [0.25, 0.3) is 11.7 Å². The van der Waals surface area contributed by atoms with Crippen LogP contribution < -0.4 is 10.1 Å². The summed E-state index contributed by atoms with van der Waals surface area (Å²) in [6, 6.07) is 0.553. The number of nitrogens with zero attached hydrogens (tertiary/aromatic N) is 3. The Morgan fingerprint density at radius 2 is 1.59 bits per heavy atom. The van der Waals surface area contributed by atoms with Gasteiger partial charge in [0.05, 0.1) is 53.0 Å². The van der Waals surface area contributed by atoms with Crippen LogP contribution in [-0.2, 0) is 23.8 Å². The number of methoxy groups -OCH3 is 1. The highest BCUT2D eigenvalue weighted by Gasteiger charge is 2.50. The van der Waals surface area contributed by atoms with Crippen LogP contribution in [0.2, 0.25) is 0 Å². The summed E-state index contributed by atoms with van der Waals surface area (Å²) in [5.74, 6) is -8.28. The highest BCUT2D eigenvalue weighted by Crippen LogP contribution is 2.55. The number of aromatic hydroxyl groups is 3.